The van der Waals surface area contributed by atoms with Crippen LogP contribution in [0.15, 0.2) is 33.4 Å². The van der Waals surface area contributed by atoms with Crippen LogP contribution in [0.4, 0.5) is 0 Å². The molecule has 2 aliphatic rings. The van der Waals surface area contributed by atoms with E-state index in [9.17, 15) is 0 Å². The molecule has 0 bridgehead atoms. The van der Waals surface area contributed by atoms with Gasteiger partial charge in [0.05, 0.1) is 0 Å². The van der Waals surface area contributed by atoms with Crippen molar-refractivity contribution < 1.29 is 0 Å². The van der Waals surface area contributed by atoms with Crippen LogP contribution >= 0.6 is 0 Å². The SMILES string of the molecule is CCC(C)C1=[C-]CC(C(C)CC)=C1C(C)CC.CCC(C)C1=[C-]CC(C(C)CC)=C1C(C)CC.[Sr+2]. The molecule has 0 aliphatic heterocycles. The van der Waals surface area contributed by atoms with Crippen LogP contribution < -0.4 is 0 Å². The summed E-state index contributed by atoms with van der Waals surface area (Å²) in [6.45, 7) is 28.0. The molecule has 0 aromatic heterocycles. The van der Waals surface area contributed by atoms with E-state index in [0.717, 1.165) is 24.7 Å². The Labute approximate surface area is 258 Å². The molecule has 0 saturated heterocycles. The van der Waals surface area contributed by atoms with Crippen LogP contribution in [0.1, 0.15) is 134 Å². The van der Waals surface area contributed by atoms with E-state index in [0.29, 0.717) is 23.7 Å². The van der Waals surface area contributed by atoms with Gasteiger partial charge in [0.2, 0.25) is 0 Å². The van der Waals surface area contributed by atoms with Gasteiger partial charge in [-0.15, -0.1) is 12.8 Å². The summed E-state index contributed by atoms with van der Waals surface area (Å²) in [5.41, 5.74) is 9.76. The second-order valence-corrected chi connectivity index (χ2v) is 11.3. The fourth-order valence-electron chi connectivity index (χ4n) is 5.34. The zero-order valence-electron chi connectivity index (χ0n) is 25.8. The average molecular weight is 554 g/mol. The first-order valence-corrected chi connectivity index (χ1v) is 14.8. The average Bonchev–Trinajstić information content (AvgIpc) is 3.51. The van der Waals surface area contributed by atoms with Gasteiger partial charge in [-0.3, -0.25) is 12.2 Å². The molecule has 196 valence electrons. The van der Waals surface area contributed by atoms with Crippen LogP contribution in [0.25, 0.3) is 0 Å². The molecule has 2 aliphatic carbocycles. The second-order valence-electron chi connectivity index (χ2n) is 11.3. The van der Waals surface area contributed by atoms with Crippen molar-refractivity contribution in [2.45, 2.75) is 134 Å². The molecule has 0 nitrogen and oxygen atoms in total. The van der Waals surface area contributed by atoms with E-state index in [1.165, 1.54) is 49.7 Å². The van der Waals surface area contributed by atoms with E-state index in [4.69, 9.17) is 0 Å². The van der Waals surface area contributed by atoms with E-state index >= 15 is 0 Å². The van der Waals surface area contributed by atoms with Crippen molar-refractivity contribution in [1.82, 2.24) is 0 Å². The Morgan fingerprint density at radius 1 is 0.457 bits per heavy atom. The fourth-order valence-corrected chi connectivity index (χ4v) is 5.34. The fraction of sp³-hybridized carbons (Fsp3) is 0.765. The van der Waals surface area contributed by atoms with Gasteiger partial charge in [0.1, 0.15) is 0 Å². The number of rotatable bonds is 12. The maximum atomic E-state index is 3.68. The standard InChI is InChI=1S/2C17H29.Sr/c2*1-7-12(4)15-10-11-16(13(5)8-2)17(15)14(6)9-3;/h2*12-14H,7-10H2,1-6H3;/q2*-1;+2. The van der Waals surface area contributed by atoms with E-state index in [1.807, 2.05) is 0 Å². The summed E-state index contributed by atoms with van der Waals surface area (Å²) in [5.74, 6) is 4.23. The first kappa shape index (κ1) is 35.4. The Morgan fingerprint density at radius 3 is 0.943 bits per heavy atom. The van der Waals surface area contributed by atoms with Gasteiger partial charge in [-0.25, -0.2) is 11.1 Å². The third-order valence-electron chi connectivity index (χ3n) is 9.05. The molecule has 6 atom stereocenters. The van der Waals surface area contributed by atoms with E-state index < -0.39 is 0 Å². The third kappa shape index (κ3) is 9.30. The van der Waals surface area contributed by atoms with Crippen molar-refractivity contribution in [1.29, 1.82) is 0 Å². The summed E-state index contributed by atoms with van der Waals surface area (Å²) in [6.07, 6.45) is 17.0. The minimum absolute atomic E-state index is 0. The molecule has 0 aromatic rings. The van der Waals surface area contributed by atoms with E-state index in [2.05, 4.69) is 95.2 Å². The summed E-state index contributed by atoms with van der Waals surface area (Å²) in [7, 11) is 0. The molecule has 2 rings (SSSR count). The van der Waals surface area contributed by atoms with Crippen LogP contribution in [-0.2, 0) is 0 Å². The van der Waals surface area contributed by atoms with Crippen molar-refractivity contribution in [3.63, 3.8) is 0 Å². The normalized spacial score (nSPS) is 20.8. The second kappa shape index (κ2) is 17.9. The van der Waals surface area contributed by atoms with Crippen LogP contribution in [-0.4, -0.2) is 45.5 Å². The van der Waals surface area contributed by atoms with Crippen molar-refractivity contribution in [2.75, 3.05) is 0 Å². The maximum Gasteiger partial charge on any atom is 2.00 e. The molecule has 0 amide bonds. The van der Waals surface area contributed by atoms with Crippen LogP contribution in [0, 0.1) is 47.7 Å². The molecule has 0 spiro atoms. The summed E-state index contributed by atoms with van der Waals surface area (Å²) < 4.78 is 0. The smallest absolute Gasteiger partial charge is 0.269 e. The Bertz CT molecular complexity index is 683. The van der Waals surface area contributed by atoms with Crippen LogP contribution in [0.2, 0.25) is 0 Å². The summed E-state index contributed by atoms with van der Waals surface area (Å²) >= 11 is 0. The van der Waals surface area contributed by atoms with Crippen LogP contribution in [0.3, 0.4) is 0 Å². The molecule has 0 heterocycles. The van der Waals surface area contributed by atoms with Gasteiger partial charge in [-0.1, -0.05) is 145 Å². The minimum Gasteiger partial charge on any atom is -0.269 e. The summed E-state index contributed by atoms with van der Waals surface area (Å²) in [4.78, 5) is 0. The molecule has 0 aromatic carbocycles. The zero-order chi connectivity index (χ0) is 26.0. The zero-order valence-corrected chi connectivity index (χ0v) is 29.3. The number of hydrogen-bond acceptors (Lipinski definition) is 0. The van der Waals surface area contributed by atoms with Crippen molar-refractivity contribution in [3.8, 4) is 0 Å². The van der Waals surface area contributed by atoms with Gasteiger partial charge >= 0.3 is 45.5 Å². The largest absolute Gasteiger partial charge is 2.00 e. The Balaban J connectivity index is 0.000000642. The van der Waals surface area contributed by atoms with Gasteiger partial charge in [0, 0.05) is 0 Å². The summed E-state index contributed by atoms with van der Waals surface area (Å²) in [6, 6.07) is 0. The van der Waals surface area contributed by atoms with Gasteiger partial charge < -0.3 is 0 Å². The van der Waals surface area contributed by atoms with Gasteiger partial charge in [0.25, 0.3) is 0 Å². The molecule has 35 heavy (non-hydrogen) atoms. The van der Waals surface area contributed by atoms with Gasteiger partial charge in [0.15, 0.2) is 0 Å². The Kier molecular flexibility index (Phi) is 18.1. The topological polar surface area (TPSA) is 0 Å². The third-order valence-corrected chi connectivity index (χ3v) is 9.05. The Morgan fingerprint density at radius 2 is 0.714 bits per heavy atom. The van der Waals surface area contributed by atoms with Crippen molar-refractivity contribution in [2.24, 2.45) is 35.5 Å². The predicted octanol–water partition coefficient (Wildman–Crippen LogP) is 10.7. The molecule has 6 unspecified atom stereocenters. The minimum atomic E-state index is 0. The van der Waals surface area contributed by atoms with E-state index in [1.54, 1.807) is 22.3 Å². The maximum absolute atomic E-state index is 3.68. The molecular formula is C34H58Sr. The monoisotopic (exact) mass is 554 g/mol. The molecule has 1 heteroatoms. The van der Waals surface area contributed by atoms with E-state index in [-0.39, 0.29) is 45.5 Å². The van der Waals surface area contributed by atoms with Gasteiger partial charge in [-0.2, -0.15) is 22.3 Å². The summed E-state index contributed by atoms with van der Waals surface area (Å²) in [5, 5.41) is 0. The molecule has 0 radical (unpaired) electrons. The molecule has 0 fully saturated rings. The molecule has 0 N–H and O–H groups in total. The number of hydrogen-bond donors (Lipinski definition) is 0. The first-order valence-electron chi connectivity index (χ1n) is 14.8. The molecule has 0 saturated carbocycles. The van der Waals surface area contributed by atoms with Crippen molar-refractivity contribution in [3.05, 3.63) is 45.6 Å². The Hall–Kier alpha value is 0.441. The quantitative estimate of drug-likeness (QED) is 0.166. The number of allylic oxidation sites excluding steroid dienone is 8. The van der Waals surface area contributed by atoms with Crippen LogP contribution in [0.5, 0.6) is 0 Å². The van der Waals surface area contributed by atoms with Gasteiger partial charge in [-0.05, 0) is 11.8 Å². The first-order chi connectivity index (χ1) is 16.1. The molecular weight excluding hydrogens is 496 g/mol. The van der Waals surface area contributed by atoms with Crippen molar-refractivity contribution >= 4 is 45.5 Å². The predicted molar refractivity (Wildman–Crippen MR) is 159 cm³/mol.